The normalized spacial score (nSPS) is 15.6. The van der Waals surface area contributed by atoms with Gasteiger partial charge in [0.1, 0.15) is 0 Å². The number of thiophene rings is 2. The average Bonchev–Trinajstić information content (AvgIpc) is 3.26. The first-order valence-corrected chi connectivity index (χ1v) is 8.70. The molecule has 0 saturated heterocycles. The van der Waals surface area contributed by atoms with Crippen LogP contribution in [-0.2, 0) is 11.8 Å². The summed E-state index contributed by atoms with van der Waals surface area (Å²) in [5.74, 6) is 0. The Bertz CT molecular complexity index is 810. The van der Waals surface area contributed by atoms with Gasteiger partial charge in [-0.2, -0.15) is 32.5 Å². The van der Waals surface area contributed by atoms with Crippen molar-refractivity contribution in [2.45, 2.75) is 11.8 Å². The molecule has 0 aromatic carbocycles. The van der Waals surface area contributed by atoms with Crippen molar-refractivity contribution < 1.29 is 4.79 Å². The number of amides is 1. The number of allylic oxidation sites excluding steroid dienone is 1. The molecule has 3 aromatic heterocycles. The van der Waals surface area contributed by atoms with Gasteiger partial charge in [-0.1, -0.05) is 12.2 Å². The summed E-state index contributed by atoms with van der Waals surface area (Å²) in [5.41, 5.74) is 9.48. The van der Waals surface area contributed by atoms with Gasteiger partial charge in [-0.25, -0.2) is 4.79 Å². The van der Waals surface area contributed by atoms with Crippen LogP contribution in [0.25, 0.3) is 6.08 Å². The molecule has 6 heteroatoms. The fourth-order valence-electron chi connectivity index (χ4n) is 3.05. The topological polar surface area (TPSA) is 60.9 Å². The zero-order chi connectivity index (χ0) is 15.2. The van der Waals surface area contributed by atoms with E-state index in [1.165, 1.54) is 15.8 Å². The lowest BCUT2D eigenvalue weighted by Crippen LogP contribution is -2.33. The Morgan fingerprint density at radius 3 is 2.45 bits per heavy atom. The first-order valence-electron chi connectivity index (χ1n) is 6.82. The van der Waals surface area contributed by atoms with Crippen molar-refractivity contribution in [3.8, 4) is 0 Å². The van der Waals surface area contributed by atoms with Crippen molar-refractivity contribution in [3.63, 3.8) is 0 Å². The zero-order valence-corrected chi connectivity index (χ0v) is 13.2. The second-order valence-corrected chi connectivity index (χ2v) is 6.86. The molecular weight excluding hydrogens is 314 g/mol. The van der Waals surface area contributed by atoms with Crippen molar-refractivity contribution in [3.05, 3.63) is 68.3 Å². The van der Waals surface area contributed by atoms with Crippen LogP contribution in [0, 0.1) is 0 Å². The molecule has 4 rings (SSSR count). The van der Waals surface area contributed by atoms with E-state index in [0.717, 1.165) is 11.3 Å². The van der Waals surface area contributed by atoms with E-state index in [2.05, 4.69) is 44.8 Å². The number of aromatic nitrogens is 2. The van der Waals surface area contributed by atoms with Crippen LogP contribution < -0.4 is 5.73 Å². The van der Waals surface area contributed by atoms with E-state index < -0.39 is 6.03 Å². The maximum Gasteiger partial charge on any atom is 0.339 e. The molecule has 2 N–H and O–H groups in total. The fraction of sp³-hybridized carbons (Fsp3) is 0.125. The Morgan fingerprint density at radius 1 is 1.23 bits per heavy atom. The van der Waals surface area contributed by atoms with Crippen molar-refractivity contribution in [2.75, 3.05) is 0 Å². The van der Waals surface area contributed by atoms with Crippen LogP contribution in [0.4, 0.5) is 4.79 Å². The zero-order valence-electron chi connectivity index (χ0n) is 11.6. The lowest BCUT2D eigenvalue weighted by atomic mass is 9.70. The standard InChI is InChI=1S/C16H13N3OS2/c17-15(20)19-14-7-16(12-2-5-21-9-12,13-3-6-22-10-13)4-1-11(14)8-18-19/h1-6,8-10H,7H2,(H2,17,20). The summed E-state index contributed by atoms with van der Waals surface area (Å²) in [6.45, 7) is 0. The third-order valence-electron chi connectivity index (χ3n) is 4.18. The first-order chi connectivity index (χ1) is 10.7. The molecule has 1 aliphatic carbocycles. The molecule has 0 spiro atoms. The number of fused-ring (bicyclic) bond motifs is 1. The Kier molecular flexibility index (Phi) is 3.02. The number of rotatable bonds is 2. The minimum Gasteiger partial charge on any atom is -0.350 e. The minimum absolute atomic E-state index is 0.264. The van der Waals surface area contributed by atoms with Crippen molar-refractivity contribution in [2.24, 2.45) is 5.73 Å². The van der Waals surface area contributed by atoms with Gasteiger partial charge in [-0.3, -0.25) is 0 Å². The van der Waals surface area contributed by atoms with Gasteiger partial charge in [0.25, 0.3) is 0 Å². The molecule has 0 unspecified atom stereocenters. The summed E-state index contributed by atoms with van der Waals surface area (Å²) >= 11 is 3.36. The summed E-state index contributed by atoms with van der Waals surface area (Å²) in [6.07, 6.45) is 6.63. The monoisotopic (exact) mass is 327 g/mol. The number of primary amides is 1. The number of hydrogen-bond acceptors (Lipinski definition) is 4. The maximum atomic E-state index is 11.6. The van der Waals surface area contributed by atoms with Crippen LogP contribution in [0.1, 0.15) is 22.4 Å². The van der Waals surface area contributed by atoms with E-state index in [0.29, 0.717) is 6.42 Å². The van der Waals surface area contributed by atoms with Gasteiger partial charge in [0.15, 0.2) is 0 Å². The molecule has 0 bridgehead atoms. The van der Waals surface area contributed by atoms with Gasteiger partial charge in [0, 0.05) is 17.4 Å². The molecule has 0 fully saturated rings. The summed E-state index contributed by atoms with van der Waals surface area (Å²) in [5, 5.41) is 12.6. The Morgan fingerprint density at radius 2 is 1.91 bits per heavy atom. The molecule has 1 amide bonds. The minimum atomic E-state index is -0.541. The van der Waals surface area contributed by atoms with E-state index in [-0.39, 0.29) is 5.41 Å². The van der Waals surface area contributed by atoms with Crippen molar-refractivity contribution >= 4 is 34.8 Å². The Labute approximate surface area is 135 Å². The molecule has 0 atom stereocenters. The molecule has 110 valence electrons. The predicted octanol–water partition coefficient (Wildman–Crippen LogP) is 3.49. The van der Waals surface area contributed by atoms with E-state index in [1.807, 2.05) is 6.08 Å². The van der Waals surface area contributed by atoms with Crippen LogP contribution in [0.2, 0.25) is 0 Å². The largest absolute Gasteiger partial charge is 0.350 e. The average molecular weight is 327 g/mol. The number of nitrogens with two attached hydrogens (primary N) is 1. The Hall–Kier alpha value is -2.18. The van der Waals surface area contributed by atoms with Gasteiger partial charge in [0.2, 0.25) is 0 Å². The fourth-order valence-corrected chi connectivity index (χ4v) is 4.53. The van der Waals surface area contributed by atoms with Gasteiger partial charge in [-0.05, 0) is 44.8 Å². The number of carbonyl (C=O) groups excluding carboxylic acids is 1. The summed E-state index contributed by atoms with van der Waals surface area (Å²) in [7, 11) is 0. The van der Waals surface area contributed by atoms with Crippen LogP contribution in [-0.4, -0.2) is 15.8 Å². The van der Waals surface area contributed by atoms with Crippen molar-refractivity contribution in [1.82, 2.24) is 9.78 Å². The quantitative estimate of drug-likeness (QED) is 0.783. The smallest absolute Gasteiger partial charge is 0.339 e. The van der Waals surface area contributed by atoms with E-state index in [4.69, 9.17) is 5.73 Å². The van der Waals surface area contributed by atoms with Gasteiger partial charge < -0.3 is 5.73 Å². The molecule has 22 heavy (non-hydrogen) atoms. The van der Waals surface area contributed by atoms with E-state index in [1.54, 1.807) is 28.9 Å². The van der Waals surface area contributed by atoms with Crippen molar-refractivity contribution in [1.29, 1.82) is 0 Å². The summed E-state index contributed by atoms with van der Waals surface area (Å²) < 4.78 is 1.31. The third kappa shape index (κ3) is 1.88. The van der Waals surface area contributed by atoms with E-state index in [9.17, 15) is 4.79 Å². The lowest BCUT2D eigenvalue weighted by molar-refractivity contribution is 0.246. The maximum absolute atomic E-state index is 11.6. The lowest BCUT2D eigenvalue weighted by Gasteiger charge is -2.32. The second kappa shape index (κ2) is 4.93. The number of hydrogen-bond donors (Lipinski definition) is 1. The molecule has 1 aliphatic rings. The molecule has 4 nitrogen and oxygen atoms in total. The predicted molar refractivity (Wildman–Crippen MR) is 89.4 cm³/mol. The molecular formula is C16H13N3OS2. The highest BCUT2D eigenvalue weighted by atomic mass is 32.1. The third-order valence-corrected chi connectivity index (χ3v) is 5.54. The number of nitrogens with zero attached hydrogens (tertiary/aromatic N) is 2. The molecule has 3 heterocycles. The van der Waals surface area contributed by atoms with Crippen LogP contribution in [0.5, 0.6) is 0 Å². The highest BCUT2D eigenvalue weighted by molar-refractivity contribution is 7.08. The number of carbonyl (C=O) groups is 1. The second-order valence-electron chi connectivity index (χ2n) is 5.30. The van der Waals surface area contributed by atoms with Crippen LogP contribution >= 0.6 is 22.7 Å². The van der Waals surface area contributed by atoms with E-state index >= 15 is 0 Å². The van der Waals surface area contributed by atoms with Gasteiger partial charge in [0.05, 0.1) is 11.9 Å². The molecule has 3 aromatic rings. The molecule has 0 saturated carbocycles. The summed E-state index contributed by atoms with van der Waals surface area (Å²) in [4.78, 5) is 11.6. The van der Waals surface area contributed by atoms with Crippen LogP contribution in [0.15, 0.2) is 45.9 Å². The highest BCUT2D eigenvalue weighted by Crippen LogP contribution is 2.42. The highest BCUT2D eigenvalue weighted by Gasteiger charge is 2.37. The Balaban J connectivity index is 1.92. The summed E-state index contributed by atoms with van der Waals surface area (Å²) in [6, 6.07) is 3.74. The van der Waals surface area contributed by atoms with Gasteiger partial charge in [-0.15, -0.1) is 0 Å². The van der Waals surface area contributed by atoms with Crippen LogP contribution in [0.3, 0.4) is 0 Å². The van der Waals surface area contributed by atoms with Gasteiger partial charge >= 0.3 is 6.03 Å². The first kappa shape index (κ1) is 13.5. The molecule has 0 aliphatic heterocycles. The SMILES string of the molecule is NC(=O)n1ncc2c1CC(c1ccsc1)(c1ccsc1)C=C2. The molecule has 0 radical (unpaired) electrons.